The van der Waals surface area contributed by atoms with Gasteiger partial charge in [-0.1, -0.05) is 279 Å². The highest BCUT2D eigenvalue weighted by atomic mass is 14.1. The Morgan fingerprint density at radius 1 is 0.375 bits per heavy atom. The summed E-state index contributed by atoms with van der Waals surface area (Å²) in [5, 5.41) is 2.57. The number of aryl methyl sites for hydroxylation is 3. The molecule has 7 rings (SSSR count). The predicted molar refractivity (Wildman–Crippen MR) is 294 cm³/mol. The van der Waals surface area contributed by atoms with Crippen LogP contribution in [0, 0.1) is 20.8 Å². The van der Waals surface area contributed by atoms with Crippen LogP contribution in [0.2, 0.25) is 0 Å². The smallest absolute Gasteiger partial charge is 0.00992 e. The lowest BCUT2D eigenvalue weighted by Crippen LogP contribution is -1.87. The quantitative estimate of drug-likeness (QED) is 0.134. The van der Waals surface area contributed by atoms with E-state index < -0.39 is 0 Å². The van der Waals surface area contributed by atoms with Gasteiger partial charge in [-0.2, -0.15) is 0 Å². The summed E-state index contributed by atoms with van der Waals surface area (Å²) in [5.74, 6) is 0. The molecular weight excluding hydrogens is 769 g/mol. The van der Waals surface area contributed by atoms with Crippen molar-refractivity contribution in [3.8, 4) is 33.4 Å². The van der Waals surface area contributed by atoms with E-state index in [4.69, 9.17) is 0 Å². The number of hydrogen-bond acceptors (Lipinski definition) is 0. The summed E-state index contributed by atoms with van der Waals surface area (Å²) in [7, 11) is 0. The first kappa shape index (κ1) is 55.5. The summed E-state index contributed by atoms with van der Waals surface area (Å²) in [6, 6.07) is 58.1. The van der Waals surface area contributed by atoms with E-state index >= 15 is 0 Å². The standard InChI is InChI=1S/C33H30.C14H14.C9H10.4C2H6/c1-4-5-6-7-8-9-12-26(3)27-19-21-29(22-20-27)31-24-23-30(28-17-15-25(2)16-18-28)32-13-10-11-14-33(31)32;1-11-7-3-5-9-13(11)14-10-6-4-8-12(14)2;1-8(2)9-6-4-3-5-7-9;4*1-2/h4-24H,1-3H3;3-10H,1-2H3;3-7H,1H2,2H3;4*1-2H3/b5-4+,7-6-,9-8-,26-12+;;;;;;. The van der Waals surface area contributed by atoms with Crippen molar-refractivity contribution in [2.45, 2.75) is 96.9 Å². The normalized spacial score (nSPS) is 10.3. The molecule has 0 spiro atoms. The first-order chi connectivity index (χ1) is 31.3. The third kappa shape index (κ3) is 18.1. The van der Waals surface area contributed by atoms with Crippen LogP contribution in [0.4, 0.5) is 0 Å². The maximum Gasteiger partial charge on any atom is -0.00992 e. The van der Waals surface area contributed by atoms with Gasteiger partial charge in [-0.25, -0.2) is 0 Å². The van der Waals surface area contributed by atoms with E-state index in [0.717, 1.165) is 5.57 Å². The number of hydrogen-bond donors (Lipinski definition) is 0. The second-order valence-corrected chi connectivity index (χ2v) is 14.1. The van der Waals surface area contributed by atoms with Crippen LogP contribution in [-0.2, 0) is 0 Å². The maximum atomic E-state index is 3.83. The minimum absolute atomic E-state index is 1.12. The lowest BCUT2D eigenvalue weighted by Gasteiger charge is -2.13. The molecule has 0 aliphatic carbocycles. The molecule has 0 amide bonds. The third-order valence-corrected chi connectivity index (χ3v) is 9.77. The molecule has 0 heteroatoms. The number of rotatable bonds is 8. The zero-order valence-corrected chi connectivity index (χ0v) is 41.8. The van der Waals surface area contributed by atoms with Gasteiger partial charge in [0.05, 0.1) is 0 Å². The molecule has 0 bridgehead atoms. The molecule has 0 heterocycles. The van der Waals surface area contributed by atoms with Gasteiger partial charge in [0, 0.05) is 0 Å². The monoisotopic (exact) mass is 847 g/mol. The fourth-order valence-corrected chi connectivity index (χ4v) is 6.52. The average molecular weight is 847 g/mol. The summed E-state index contributed by atoms with van der Waals surface area (Å²) in [5.41, 5.74) is 16.5. The Bertz CT molecular complexity index is 2400. The van der Waals surface area contributed by atoms with Crippen LogP contribution in [0.25, 0.3) is 55.3 Å². The molecule has 0 N–H and O–H groups in total. The van der Waals surface area contributed by atoms with Crippen LogP contribution in [0.15, 0.2) is 213 Å². The van der Waals surface area contributed by atoms with Gasteiger partial charge < -0.3 is 0 Å². The van der Waals surface area contributed by atoms with E-state index in [1.165, 1.54) is 77.5 Å². The van der Waals surface area contributed by atoms with E-state index in [1.807, 2.05) is 112 Å². The maximum absolute atomic E-state index is 3.83. The molecule has 0 saturated carbocycles. The lowest BCUT2D eigenvalue weighted by atomic mass is 9.91. The fraction of sp³-hybridized carbons (Fsp3) is 0.219. The molecule has 0 aliphatic rings. The molecule has 0 fully saturated rings. The highest BCUT2D eigenvalue weighted by molar-refractivity contribution is 6.05. The van der Waals surface area contributed by atoms with Crippen molar-refractivity contribution in [3.63, 3.8) is 0 Å². The molecule has 0 saturated heterocycles. The van der Waals surface area contributed by atoms with Gasteiger partial charge in [0.2, 0.25) is 0 Å². The van der Waals surface area contributed by atoms with E-state index in [2.05, 4.69) is 198 Å². The molecule has 0 aliphatic heterocycles. The van der Waals surface area contributed by atoms with Crippen molar-refractivity contribution < 1.29 is 0 Å². The second kappa shape index (κ2) is 33.1. The van der Waals surface area contributed by atoms with Gasteiger partial charge in [-0.3, -0.25) is 0 Å². The van der Waals surface area contributed by atoms with Crippen LogP contribution in [0.3, 0.4) is 0 Å². The minimum atomic E-state index is 1.12. The Morgan fingerprint density at radius 3 is 1.19 bits per heavy atom. The molecular formula is C64H78. The average Bonchev–Trinajstić information content (AvgIpc) is 3.36. The van der Waals surface area contributed by atoms with E-state index in [0.29, 0.717) is 0 Å². The van der Waals surface area contributed by atoms with Crippen molar-refractivity contribution in [2.75, 3.05) is 0 Å². The van der Waals surface area contributed by atoms with Gasteiger partial charge in [0.25, 0.3) is 0 Å². The first-order valence-electron chi connectivity index (χ1n) is 23.4. The van der Waals surface area contributed by atoms with Crippen LogP contribution in [0.5, 0.6) is 0 Å². The largest absolute Gasteiger partial charge is 0.0955 e. The molecule has 7 aromatic carbocycles. The molecule has 0 atom stereocenters. The van der Waals surface area contributed by atoms with Crippen LogP contribution in [0.1, 0.15) is 104 Å². The van der Waals surface area contributed by atoms with E-state index in [-0.39, 0.29) is 0 Å². The van der Waals surface area contributed by atoms with Crippen molar-refractivity contribution in [2.24, 2.45) is 0 Å². The Morgan fingerprint density at radius 2 is 0.766 bits per heavy atom. The topological polar surface area (TPSA) is 0 Å². The van der Waals surface area contributed by atoms with Gasteiger partial charge in [0.1, 0.15) is 0 Å². The molecule has 0 radical (unpaired) electrons. The summed E-state index contributed by atoms with van der Waals surface area (Å²) in [6.45, 7) is 32.4. The minimum Gasteiger partial charge on any atom is -0.0955 e. The summed E-state index contributed by atoms with van der Waals surface area (Å²) >= 11 is 0. The van der Waals surface area contributed by atoms with Gasteiger partial charge in [0.15, 0.2) is 0 Å². The zero-order chi connectivity index (χ0) is 47.7. The van der Waals surface area contributed by atoms with Crippen LogP contribution >= 0.6 is 0 Å². The van der Waals surface area contributed by atoms with Crippen molar-refractivity contribution in [3.05, 3.63) is 241 Å². The van der Waals surface area contributed by atoms with E-state index in [9.17, 15) is 0 Å². The Kier molecular flexibility index (Phi) is 28.7. The molecule has 334 valence electrons. The number of allylic oxidation sites excluding steroid dienone is 9. The Balaban J connectivity index is 0.000000541. The lowest BCUT2D eigenvalue weighted by molar-refractivity contribution is 1.41. The van der Waals surface area contributed by atoms with Crippen molar-refractivity contribution in [1.82, 2.24) is 0 Å². The molecule has 0 unspecified atom stereocenters. The summed E-state index contributed by atoms with van der Waals surface area (Å²) in [6.07, 6.45) is 14.4. The van der Waals surface area contributed by atoms with Crippen LogP contribution in [-0.4, -0.2) is 0 Å². The number of fused-ring (bicyclic) bond motifs is 1. The van der Waals surface area contributed by atoms with Crippen LogP contribution < -0.4 is 0 Å². The zero-order valence-electron chi connectivity index (χ0n) is 41.8. The second-order valence-electron chi connectivity index (χ2n) is 14.1. The summed E-state index contributed by atoms with van der Waals surface area (Å²) in [4.78, 5) is 0. The number of benzene rings is 7. The Labute approximate surface area is 391 Å². The van der Waals surface area contributed by atoms with Crippen molar-refractivity contribution in [1.29, 1.82) is 0 Å². The van der Waals surface area contributed by atoms with Gasteiger partial charge >= 0.3 is 0 Å². The van der Waals surface area contributed by atoms with Gasteiger partial charge in [-0.05, 0) is 114 Å². The highest BCUT2D eigenvalue weighted by Gasteiger charge is 2.10. The predicted octanol–water partition coefficient (Wildman–Crippen LogP) is 20.4. The Hall–Kier alpha value is -6.50. The van der Waals surface area contributed by atoms with Crippen molar-refractivity contribution >= 4 is 21.9 Å². The highest BCUT2D eigenvalue weighted by Crippen LogP contribution is 2.36. The third-order valence-electron chi connectivity index (χ3n) is 9.77. The molecule has 0 aromatic heterocycles. The first-order valence-corrected chi connectivity index (χ1v) is 23.4. The fourth-order valence-electron chi connectivity index (χ4n) is 6.52. The molecule has 64 heavy (non-hydrogen) atoms. The summed E-state index contributed by atoms with van der Waals surface area (Å²) < 4.78 is 0. The SMILES string of the molecule is C/C=C/C=C\C=C/C=C(\C)c1ccc(-c2ccc(-c3ccc(C)cc3)c3ccccc23)cc1.C=C(C)c1ccccc1.CC.CC.CC.CC.Cc1ccccc1-c1ccccc1C. The molecule has 7 aromatic rings. The van der Waals surface area contributed by atoms with Gasteiger partial charge in [-0.15, -0.1) is 0 Å². The molecule has 0 nitrogen and oxygen atoms in total. The van der Waals surface area contributed by atoms with E-state index in [1.54, 1.807) is 0 Å².